The van der Waals surface area contributed by atoms with Crippen LogP contribution < -0.4 is 0 Å². The van der Waals surface area contributed by atoms with Gasteiger partial charge in [0.25, 0.3) is 0 Å². The molecule has 0 N–H and O–H groups in total. The Morgan fingerprint density at radius 2 is 1.83 bits per heavy atom. The highest BCUT2D eigenvalue weighted by atomic mass is 16.5. The van der Waals surface area contributed by atoms with Gasteiger partial charge in [0.2, 0.25) is 0 Å². The van der Waals surface area contributed by atoms with E-state index >= 15 is 0 Å². The summed E-state index contributed by atoms with van der Waals surface area (Å²) in [5, 5.41) is 0. The van der Waals surface area contributed by atoms with Gasteiger partial charge in [0.1, 0.15) is 6.04 Å². The molecular weight excluding hydrogens is 150 g/mol. The second-order valence-corrected chi connectivity index (χ2v) is 4.69. The van der Waals surface area contributed by atoms with Crippen LogP contribution in [0.1, 0.15) is 25.7 Å². The van der Waals surface area contributed by atoms with Gasteiger partial charge in [-0.05, 0) is 12.8 Å². The van der Waals surface area contributed by atoms with Gasteiger partial charge in [0.05, 0.1) is 27.7 Å². The molecule has 1 fully saturated rings. The second kappa shape index (κ2) is 4.24. The van der Waals surface area contributed by atoms with Crippen LogP contribution in [0, 0.1) is 0 Å². The van der Waals surface area contributed by atoms with E-state index in [2.05, 4.69) is 21.1 Å². The summed E-state index contributed by atoms with van der Waals surface area (Å²) in [4.78, 5) is 0. The number of ether oxygens (including phenoxy) is 1. The molecule has 0 amide bonds. The SMILES string of the molecule is C[N+](C)(C)C1CCCCCOC1. The average Bonchev–Trinajstić information content (AvgIpc) is 1.81. The standard InChI is InChI=1S/C10H22NO/c1-11(2,3)10-7-5-4-6-8-12-9-10/h10H,4-9H2,1-3H3/q+1. The normalized spacial score (nSPS) is 27.8. The van der Waals surface area contributed by atoms with E-state index < -0.39 is 0 Å². The first-order valence-electron chi connectivity index (χ1n) is 4.99. The molecule has 1 saturated heterocycles. The van der Waals surface area contributed by atoms with E-state index in [1.807, 2.05) is 0 Å². The van der Waals surface area contributed by atoms with Gasteiger partial charge in [-0.25, -0.2) is 0 Å². The molecule has 72 valence electrons. The Labute approximate surface area is 76.1 Å². The van der Waals surface area contributed by atoms with Crippen molar-refractivity contribution in [2.24, 2.45) is 0 Å². The van der Waals surface area contributed by atoms with E-state index in [1.165, 1.54) is 25.7 Å². The molecule has 1 aliphatic heterocycles. The number of likely N-dealkylation sites (N-methyl/N-ethyl adjacent to an activating group) is 1. The Kier molecular flexibility index (Phi) is 3.53. The van der Waals surface area contributed by atoms with Gasteiger partial charge in [-0.2, -0.15) is 0 Å². The van der Waals surface area contributed by atoms with Gasteiger partial charge in [-0.15, -0.1) is 0 Å². The van der Waals surface area contributed by atoms with Gasteiger partial charge in [-0.1, -0.05) is 6.42 Å². The molecule has 0 aromatic carbocycles. The summed E-state index contributed by atoms with van der Waals surface area (Å²) in [5.41, 5.74) is 0. The van der Waals surface area contributed by atoms with Crippen molar-refractivity contribution >= 4 is 0 Å². The Balaban J connectivity index is 2.40. The minimum atomic E-state index is 0.699. The molecule has 2 heteroatoms. The Bertz CT molecular complexity index is 120. The van der Waals surface area contributed by atoms with Crippen molar-refractivity contribution in [1.82, 2.24) is 0 Å². The Hall–Kier alpha value is -0.0800. The smallest absolute Gasteiger partial charge is 0.112 e. The molecular formula is C10H22NO+. The summed E-state index contributed by atoms with van der Waals surface area (Å²) in [7, 11) is 6.78. The number of hydrogen-bond acceptors (Lipinski definition) is 1. The molecule has 1 atom stereocenters. The summed E-state index contributed by atoms with van der Waals surface area (Å²) in [5.74, 6) is 0. The molecule has 1 aliphatic rings. The summed E-state index contributed by atoms with van der Waals surface area (Å²) in [6.45, 7) is 1.92. The van der Waals surface area contributed by atoms with Crippen molar-refractivity contribution in [2.75, 3.05) is 34.4 Å². The minimum absolute atomic E-state index is 0.699. The molecule has 1 rings (SSSR count). The predicted octanol–water partition coefficient (Wildman–Crippen LogP) is 1.65. The lowest BCUT2D eigenvalue weighted by Gasteiger charge is -2.35. The van der Waals surface area contributed by atoms with E-state index in [0.717, 1.165) is 17.7 Å². The van der Waals surface area contributed by atoms with Crippen molar-refractivity contribution in [3.05, 3.63) is 0 Å². The van der Waals surface area contributed by atoms with Crippen LogP contribution in [0.2, 0.25) is 0 Å². The summed E-state index contributed by atoms with van der Waals surface area (Å²) >= 11 is 0. The van der Waals surface area contributed by atoms with Gasteiger partial charge in [0.15, 0.2) is 0 Å². The van der Waals surface area contributed by atoms with E-state index in [-0.39, 0.29) is 0 Å². The van der Waals surface area contributed by atoms with Crippen molar-refractivity contribution in [2.45, 2.75) is 31.7 Å². The third kappa shape index (κ3) is 3.11. The molecule has 1 unspecified atom stereocenters. The molecule has 0 aliphatic carbocycles. The van der Waals surface area contributed by atoms with Crippen LogP contribution in [0.4, 0.5) is 0 Å². The molecule has 0 aromatic rings. The number of rotatable bonds is 1. The summed E-state index contributed by atoms with van der Waals surface area (Å²) < 4.78 is 6.64. The summed E-state index contributed by atoms with van der Waals surface area (Å²) in [6, 6.07) is 0.699. The largest absolute Gasteiger partial charge is 0.375 e. The number of quaternary nitrogens is 1. The van der Waals surface area contributed by atoms with Crippen LogP contribution in [0.5, 0.6) is 0 Å². The van der Waals surface area contributed by atoms with Crippen LogP contribution in [-0.4, -0.2) is 44.9 Å². The van der Waals surface area contributed by atoms with Crippen LogP contribution in [0.25, 0.3) is 0 Å². The fraction of sp³-hybridized carbons (Fsp3) is 1.00. The molecule has 0 saturated carbocycles. The molecule has 0 spiro atoms. The number of hydrogen-bond donors (Lipinski definition) is 0. The fourth-order valence-electron chi connectivity index (χ4n) is 1.67. The lowest BCUT2D eigenvalue weighted by molar-refractivity contribution is -0.897. The minimum Gasteiger partial charge on any atom is -0.375 e. The third-order valence-corrected chi connectivity index (χ3v) is 2.73. The van der Waals surface area contributed by atoms with Gasteiger partial charge >= 0.3 is 0 Å². The first-order chi connectivity index (χ1) is 5.61. The highest BCUT2D eigenvalue weighted by Crippen LogP contribution is 2.15. The van der Waals surface area contributed by atoms with Crippen LogP contribution >= 0.6 is 0 Å². The lowest BCUT2D eigenvalue weighted by atomic mass is 10.1. The summed E-state index contributed by atoms with van der Waals surface area (Å²) in [6.07, 6.45) is 5.30. The van der Waals surface area contributed by atoms with E-state index in [1.54, 1.807) is 0 Å². The topological polar surface area (TPSA) is 9.23 Å². The molecule has 0 radical (unpaired) electrons. The zero-order valence-electron chi connectivity index (χ0n) is 8.68. The van der Waals surface area contributed by atoms with E-state index in [4.69, 9.17) is 4.74 Å². The molecule has 0 bridgehead atoms. The average molecular weight is 172 g/mol. The Morgan fingerprint density at radius 1 is 1.08 bits per heavy atom. The molecule has 12 heavy (non-hydrogen) atoms. The number of nitrogens with zero attached hydrogens (tertiary/aromatic N) is 1. The van der Waals surface area contributed by atoms with Gasteiger partial charge in [0, 0.05) is 13.0 Å². The Morgan fingerprint density at radius 3 is 2.50 bits per heavy atom. The highest BCUT2D eigenvalue weighted by molar-refractivity contribution is 4.60. The van der Waals surface area contributed by atoms with Gasteiger partial charge < -0.3 is 9.22 Å². The molecule has 0 aromatic heterocycles. The van der Waals surface area contributed by atoms with Crippen molar-refractivity contribution in [3.8, 4) is 0 Å². The van der Waals surface area contributed by atoms with Crippen molar-refractivity contribution in [3.63, 3.8) is 0 Å². The monoisotopic (exact) mass is 172 g/mol. The fourth-order valence-corrected chi connectivity index (χ4v) is 1.67. The zero-order chi connectivity index (χ0) is 9.03. The van der Waals surface area contributed by atoms with E-state index in [9.17, 15) is 0 Å². The maximum atomic E-state index is 5.60. The van der Waals surface area contributed by atoms with Crippen molar-refractivity contribution < 1.29 is 9.22 Å². The second-order valence-electron chi connectivity index (χ2n) is 4.69. The third-order valence-electron chi connectivity index (χ3n) is 2.73. The molecule has 1 heterocycles. The molecule has 2 nitrogen and oxygen atoms in total. The zero-order valence-corrected chi connectivity index (χ0v) is 8.68. The maximum absolute atomic E-state index is 5.60. The van der Waals surface area contributed by atoms with Crippen LogP contribution in [-0.2, 0) is 4.74 Å². The lowest BCUT2D eigenvalue weighted by Crippen LogP contribution is -2.48. The highest BCUT2D eigenvalue weighted by Gasteiger charge is 2.24. The van der Waals surface area contributed by atoms with E-state index in [0.29, 0.717) is 6.04 Å². The van der Waals surface area contributed by atoms with Gasteiger partial charge in [-0.3, -0.25) is 0 Å². The van der Waals surface area contributed by atoms with Crippen LogP contribution in [0.3, 0.4) is 0 Å². The first kappa shape index (κ1) is 10.0. The maximum Gasteiger partial charge on any atom is 0.112 e. The van der Waals surface area contributed by atoms with Crippen LogP contribution in [0.15, 0.2) is 0 Å². The predicted molar refractivity (Wildman–Crippen MR) is 51.1 cm³/mol. The van der Waals surface area contributed by atoms with Crippen molar-refractivity contribution in [1.29, 1.82) is 0 Å². The first-order valence-corrected chi connectivity index (χ1v) is 4.99. The quantitative estimate of drug-likeness (QED) is 0.546.